The first kappa shape index (κ1) is 14.0. The molecule has 0 heterocycles. The molecule has 1 rings (SSSR count). The number of aliphatic carboxylic acids is 1. The number of halogens is 1. The van der Waals surface area contributed by atoms with Gasteiger partial charge < -0.3 is 10.2 Å². The predicted molar refractivity (Wildman–Crippen MR) is 70.7 cm³/mol. The van der Waals surface area contributed by atoms with E-state index in [0.717, 1.165) is 15.6 Å². The molecule has 0 saturated heterocycles. The molecule has 0 aliphatic rings. The van der Waals surface area contributed by atoms with E-state index < -0.39 is 11.9 Å². The largest absolute Gasteiger partial charge is 0.507 e. The number of carbonyl (C=O) groups is 1. The molecule has 0 fully saturated rings. The van der Waals surface area contributed by atoms with Gasteiger partial charge in [-0.3, -0.25) is 4.79 Å². The number of phenols is 1. The maximum atomic E-state index is 11.1. The quantitative estimate of drug-likeness (QED) is 0.893. The summed E-state index contributed by atoms with van der Waals surface area (Å²) in [5.74, 6) is -1.40. The summed E-state index contributed by atoms with van der Waals surface area (Å²) in [5.41, 5.74) is 2.04. The van der Waals surface area contributed by atoms with Crippen LogP contribution < -0.4 is 0 Å². The van der Waals surface area contributed by atoms with Crippen molar-refractivity contribution in [3.8, 4) is 5.75 Å². The molecule has 3 nitrogen and oxygen atoms in total. The fourth-order valence-corrected chi connectivity index (χ4v) is 2.33. The standard InChI is InChI=1S/C13H17BrO3/c1-6(2)9-5-10(14)7(3)11(12(9)15)8(4)13(16)17/h5-6,8,15H,1-4H3,(H,16,17). The third-order valence-corrected chi connectivity index (χ3v) is 3.82. The minimum Gasteiger partial charge on any atom is -0.507 e. The molecule has 0 amide bonds. The van der Waals surface area contributed by atoms with Crippen LogP contribution in [0.25, 0.3) is 0 Å². The van der Waals surface area contributed by atoms with E-state index in [4.69, 9.17) is 5.11 Å². The van der Waals surface area contributed by atoms with Crippen molar-refractivity contribution in [2.45, 2.75) is 39.5 Å². The van der Waals surface area contributed by atoms with Crippen LogP contribution in [0.2, 0.25) is 0 Å². The van der Waals surface area contributed by atoms with Gasteiger partial charge in [-0.1, -0.05) is 29.8 Å². The molecule has 0 aliphatic heterocycles. The average Bonchev–Trinajstić information content (AvgIpc) is 2.22. The Morgan fingerprint density at radius 1 is 1.35 bits per heavy atom. The molecule has 94 valence electrons. The number of carboxylic acid groups (broad SMARTS) is 1. The fourth-order valence-electron chi connectivity index (χ4n) is 1.87. The van der Waals surface area contributed by atoms with Crippen molar-refractivity contribution in [1.82, 2.24) is 0 Å². The van der Waals surface area contributed by atoms with Crippen molar-refractivity contribution < 1.29 is 15.0 Å². The Morgan fingerprint density at radius 3 is 2.29 bits per heavy atom. The molecule has 1 aromatic carbocycles. The smallest absolute Gasteiger partial charge is 0.310 e. The van der Waals surface area contributed by atoms with Crippen molar-refractivity contribution in [3.63, 3.8) is 0 Å². The van der Waals surface area contributed by atoms with Crippen molar-refractivity contribution in [1.29, 1.82) is 0 Å². The highest BCUT2D eigenvalue weighted by molar-refractivity contribution is 9.10. The summed E-state index contributed by atoms with van der Waals surface area (Å²) in [6, 6.07) is 1.85. The van der Waals surface area contributed by atoms with Crippen molar-refractivity contribution in [2.75, 3.05) is 0 Å². The second kappa shape index (κ2) is 5.08. The van der Waals surface area contributed by atoms with E-state index in [2.05, 4.69) is 15.9 Å². The summed E-state index contributed by atoms with van der Waals surface area (Å²) in [6.45, 7) is 7.32. The Morgan fingerprint density at radius 2 is 1.88 bits per heavy atom. The highest BCUT2D eigenvalue weighted by Crippen LogP contribution is 2.39. The van der Waals surface area contributed by atoms with Gasteiger partial charge in [-0.2, -0.15) is 0 Å². The first-order chi connectivity index (χ1) is 7.77. The molecule has 0 spiro atoms. The van der Waals surface area contributed by atoms with Crippen molar-refractivity contribution in [2.24, 2.45) is 0 Å². The van der Waals surface area contributed by atoms with Crippen LogP contribution in [0.15, 0.2) is 10.5 Å². The van der Waals surface area contributed by atoms with Crippen LogP contribution in [-0.4, -0.2) is 16.2 Å². The average molecular weight is 301 g/mol. The lowest BCUT2D eigenvalue weighted by Gasteiger charge is -2.19. The number of phenolic OH excluding ortho intramolecular Hbond substituents is 1. The molecule has 0 bridgehead atoms. The highest BCUT2D eigenvalue weighted by atomic mass is 79.9. The zero-order chi connectivity index (χ0) is 13.3. The lowest BCUT2D eigenvalue weighted by molar-refractivity contribution is -0.138. The van der Waals surface area contributed by atoms with Gasteiger partial charge in [0.25, 0.3) is 0 Å². The Bertz CT molecular complexity index is 452. The van der Waals surface area contributed by atoms with E-state index in [1.807, 2.05) is 26.8 Å². The minimum atomic E-state index is -0.934. The molecule has 1 atom stereocenters. The maximum Gasteiger partial charge on any atom is 0.310 e. The van der Waals surface area contributed by atoms with Gasteiger partial charge in [0.05, 0.1) is 5.92 Å². The summed E-state index contributed by atoms with van der Waals surface area (Å²) in [7, 11) is 0. The molecular formula is C13H17BrO3. The molecular weight excluding hydrogens is 284 g/mol. The van der Waals surface area contributed by atoms with E-state index in [-0.39, 0.29) is 11.7 Å². The summed E-state index contributed by atoms with van der Waals surface area (Å²) < 4.78 is 0.835. The topological polar surface area (TPSA) is 57.5 Å². The number of rotatable bonds is 3. The first-order valence-electron chi connectivity index (χ1n) is 5.52. The van der Waals surface area contributed by atoms with E-state index in [1.54, 1.807) is 6.92 Å². The predicted octanol–water partition coefficient (Wildman–Crippen LogP) is 3.77. The van der Waals surface area contributed by atoms with E-state index in [9.17, 15) is 9.90 Å². The number of hydrogen-bond donors (Lipinski definition) is 2. The molecule has 17 heavy (non-hydrogen) atoms. The van der Waals surface area contributed by atoms with E-state index in [0.29, 0.717) is 5.56 Å². The summed E-state index contributed by atoms with van der Waals surface area (Å²) >= 11 is 3.41. The summed E-state index contributed by atoms with van der Waals surface area (Å²) in [6.07, 6.45) is 0. The second-order valence-corrected chi connectivity index (χ2v) is 5.40. The van der Waals surface area contributed by atoms with Gasteiger partial charge in [0.15, 0.2) is 0 Å². The molecule has 2 N–H and O–H groups in total. The molecule has 0 aliphatic carbocycles. The Balaban J connectivity index is 3.52. The molecule has 0 saturated carbocycles. The molecule has 1 aromatic rings. The van der Waals surface area contributed by atoms with Crippen LogP contribution in [0.3, 0.4) is 0 Å². The summed E-state index contributed by atoms with van der Waals surface area (Å²) in [4.78, 5) is 11.1. The molecule has 0 radical (unpaired) electrons. The van der Waals surface area contributed by atoms with Gasteiger partial charge >= 0.3 is 5.97 Å². The van der Waals surface area contributed by atoms with Gasteiger partial charge in [-0.25, -0.2) is 0 Å². The number of hydrogen-bond acceptors (Lipinski definition) is 2. The highest BCUT2D eigenvalue weighted by Gasteiger charge is 2.24. The monoisotopic (exact) mass is 300 g/mol. The Kier molecular flexibility index (Phi) is 4.20. The van der Waals surface area contributed by atoms with E-state index in [1.165, 1.54) is 0 Å². The zero-order valence-corrected chi connectivity index (χ0v) is 12.0. The van der Waals surface area contributed by atoms with Crippen LogP contribution in [-0.2, 0) is 4.79 Å². The second-order valence-electron chi connectivity index (χ2n) is 4.55. The van der Waals surface area contributed by atoms with Gasteiger partial charge in [-0.15, -0.1) is 0 Å². The van der Waals surface area contributed by atoms with Gasteiger partial charge in [0, 0.05) is 10.0 Å². The third-order valence-electron chi connectivity index (χ3n) is 3.00. The SMILES string of the molecule is Cc1c(Br)cc(C(C)C)c(O)c1C(C)C(=O)O. The van der Waals surface area contributed by atoms with Crippen LogP contribution in [0.4, 0.5) is 0 Å². The lowest BCUT2D eigenvalue weighted by Crippen LogP contribution is -2.11. The van der Waals surface area contributed by atoms with Gasteiger partial charge in [-0.05, 0) is 37.0 Å². The number of benzene rings is 1. The minimum absolute atomic E-state index is 0.107. The van der Waals surface area contributed by atoms with Crippen LogP contribution in [0, 0.1) is 6.92 Å². The first-order valence-corrected chi connectivity index (χ1v) is 6.31. The third kappa shape index (κ3) is 2.63. The maximum absolute atomic E-state index is 11.1. The lowest BCUT2D eigenvalue weighted by atomic mass is 9.90. The van der Waals surface area contributed by atoms with Gasteiger partial charge in [0.1, 0.15) is 5.75 Å². The summed E-state index contributed by atoms with van der Waals surface area (Å²) in [5, 5.41) is 19.3. The number of aromatic hydroxyl groups is 1. The molecule has 4 heteroatoms. The fraction of sp³-hybridized carbons (Fsp3) is 0.462. The van der Waals surface area contributed by atoms with E-state index >= 15 is 0 Å². The van der Waals surface area contributed by atoms with Crippen LogP contribution in [0.1, 0.15) is 49.3 Å². The Labute approximate surface area is 110 Å². The van der Waals surface area contributed by atoms with Crippen LogP contribution in [0.5, 0.6) is 5.75 Å². The Hall–Kier alpha value is -1.03. The number of carboxylic acids is 1. The normalized spacial score (nSPS) is 12.8. The van der Waals surface area contributed by atoms with Crippen LogP contribution >= 0.6 is 15.9 Å². The van der Waals surface area contributed by atoms with Crippen molar-refractivity contribution in [3.05, 3.63) is 27.2 Å². The zero-order valence-electron chi connectivity index (χ0n) is 10.4. The van der Waals surface area contributed by atoms with Crippen molar-refractivity contribution >= 4 is 21.9 Å². The molecule has 1 unspecified atom stereocenters. The molecule has 0 aromatic heterocycles. The van der Waals surface area contributed by atoms with Gasteiger partial charge in [0.2, 0.25) is 0 Å².